The van der Waals surface area contributed by atoms with Crippen molar-refractivity contribution in [3.05, 3.63) is 80.3 Å². The van der Waals surface area contributed by atoms with Crippen LogP contribution >= 0.6 is 46.1 Å². The summed E-state index contributed by atoms with van der Waals surface area (Å²) in [7, 11) is 0. The van der Waals surface area contributed by atoms with Crippen molar-refractivity contribution in [3.63, 3.8) is 0 Å². The van der Waals surface area contributed by atoms with Gasteiger partial charge in [0.25, 0.3) is 5.56 Å². The number of benzene rings is 2. The molecule has 5 nitrogen and oxygen atoms in total. The van der Waals surface area contributed by atoms with Gasteiger partial charge in [-0.1, -0.05) is 65.1 Å². The van der Waals surface area contributed by atoms with E-state index in [-0.39, 0.29) is 27.8 Å². The van der Waals surface area contributed by atoms with Crippen molar-refractivity contribution in [3.8, 4) is 10.4 Å². The highest BCUT2D eigenvalue weighted by molar-refractivity contribution is 7.21. The van der Waals surface area contributed by atoms with Crippen LogP contribution < -0.4 is 10.9 Å². The molecule has 0 radical (unpaired) electrons. The van der Waals surface area contributed by atoms with Gasteiger partial charge in [-0.25, -0.2) is 4.98 Å². The second-order valence-corrected chi connectivity index (χ2v) is 8.45. The highest BCUT2D eigenvalue weighted by Crippen LogP contribution is 2.34. The molecule has 0 aliphatic heterocycles. The van der Waals surface area contributed by atoms with Crippen molar-refractivity contribution >= 4 is 68.0 Å². The van der Waals surface area contributed by atoms with E-state index in [1.165, 1.54) is 34.4 Å². The maximum absolute atomic E-state index is 12.8. The summed E-state index contributed by atoms with van der Waals surface area (Å²) in [5, 5.41) is 3.86. The topological polar surface area (TPSA) is 64.0 Å². The smallest absolute Gasteiger partial charge is 0.262 e. The molecule has 2 aromatic heterocycles. The van der Waals surface area contributed by atoms with Gasteiger partial charge in [0.05, 0.1) is 27.4 Å². The number of hydrogen-bond acceptors (Lipinski definition) is 4. The van der Waals surface area contributed by atoms with Gasteiger partial charge in [-0.3, -0.25) is 14.2 Å². The van der Waals surface area contributed by atoms with Gasteiger partial charge < -0.3 is 5.32 Å². The lowest BCUT2D eigenvalue weighted by Gasteiger charge is -2.10. The van der Waals surface area contributed by atoms with Gasteiger partial charge in [-0.2, -0.15) is 0 Å². The fourth-order valence-electron chi connectivity index (χ4n) is 2.81. The Balaban J connectivity index is 1.61. The first-order valence-corrected chi connectivity index (χ1v) is 10.4. The molecule has 0 aliphatic carbocycles. The minimum Gasteiger partial charge on any atom is -0.322 e. The Morgan fingerprint density at radius 3 is 2.45 bits per heavy atom. The van der Waals surface area contributed by atoms with E-state index in [1.807, 2.05) is 30.3 Å². The number of carbonyl (C=O) groups excluding carboxylic acids is 1. The van der Waals surface area contributed by atoms with Crippen molar-refractivity contribution < 1.29 is 4.79 Å². The molecule has 146 valence electrons. The van der Waals surface area contributed by atoms with Gasteiger partial charge in [0.1, 0.15) is 11.4 Å². The van der Waals surface area contributed by atoms with E-state index in [2.05, 4.69) is 10.3 Å². The predicted molar refractivity (Wildman–Crippen MR) is 119 cm³/mol. The normalized spacial score (nSPS) is 11.0. The summed E-state index contributed by atoms with van der Waals surface area (Å²) in [4.78, 5) is 31.1. The molecule has 29 heavy (non-hydrogen) atoms. The third-order valence-electron chi connectivity index (χ3n) is 4.16. The molecule has 4 rings (SSSR count). The van der Waals surface area contributed by atoms with Crippen molar-refractivity contribution in [1.29, 1.82) is 0 Å². The molecule has 0 saturated carbocycles. The molecule has 1 N–H and O–H groups in total. The number of halogens is 3. The number of rotatable bonds is 4. The van der Waals surface area contributed by atoms with E-state index in [0.717, 1.165) is 10.4 Å². The van der Waals surface area contributed by atoms with Crippen LogP contribution in [0, 0.1) is 0 Å². The minimum atomic E-state index is -0.460. The average molecular weight is 465 g/mol. The maximum atomic E-state index is 12.8. The lowest BCUT2D eigenvalue weighted by molar-refractivity contribution is -0.116. The van der Waals surface area contributed by atoms with Gasteiger partial charge >= 0.3 is 0 Å². The quantitative estimate of drug-likeness (QED) is 0.420. The Labute approximate surface area is 184 Å². The van der Waals surface area contributed by atoms with Gasteiger partial charge in [0.2, 0.25) is 5.91 Å². The molecule has 0 atom stereocenters. The number of aromatic nitrogens is 2. The van der Waals surface area contributed by atoms with Crippen LogP contribution in [-0.2, 0) is 11.3 Å². The lowest BCUT2D eigenvalue weighted by Crippen LogP contribution is -2.27. The summed E-state index contributed by atoms with van der Waals surface area (Å²) in [6.45, 7) is -0.229. The van der Waals surface area contributed by atoms with Crippen LogP contribution in [0.15, 0.2) is 59.7 Å². The number of thiophene rings is 1. The van der Waals surface area contributed by atoms with E-state index in [1.54, 1.807) is 6.07 Å². The van der Waals surface area contributed by atoms with Crippen LogP contribution in [0.2, 0.25) is 15.1 Å². The summed E-state index contributed by atoms with van der Waals surface area (Å²) >= 11 is 19.5. The molecule has 0 saturated heterocycles. The largest absolute Gasteiger partial charge is 0.322 e. The van der Waals surface area contributed by atoms with Gasteiger partial charge in [0, 0.05) is 9.90 Å². The molecule has 0 spiro atoms. The summed E-state index contributed by atoms with van der Waals surface area (Å²) < 4.78 is 1.25. The standard InChI is InChI=1S/C20H12Cl3N3O2S/c21-12-6-14(22)18(15(23)7-12)25-17(27)9-26-10-24-19-13(20(26)28)8-16(29-19)11-4-2-1-3-5-11/h1-8,10H,9H2,(H,25,27). The van der Waals surface area contributed by atoms with Gasteiger partial charge in [0.15, 0.2) is 0 Å². The molecule has 0 bridgehead atoms. The number of nitrogens with zero attached hydrogens (tertiary/aromatic N) is 2. The second kappa shape index (κ2) is 8.16. The predicted octanol–water partition coefficient (Wildman–Crippen LogP) is 5.72. The fraction of sp³-hybridized carbons (Fsp3) is 0.0500. The highest BCUT2D eigenvalue weighted by atomic mass is 35.5. The van der Waals surface area contributed by atoms with E-state index in [4.69, 9.17) is 34.8 Å². The second-order valence-electron chi connectivity index (χ2n) is 6.17. The van der Waals surface area contributed by atoms with Crippen molar-refractivity contribution in [2.24, 2.45) is 0 Å². The van der Waals surface area contributed by atoms with Crippen molar-refractivity contribution in [1.82, 2.24) is 9.55 Å². The third-order valence-corrected chi connectivity index (χ3v) is 6.07. The lowest BCUT2D eigenvalue weighted by atomic mass is 10.2. The summed E-state index contributed by atoms with van der Waals surface area (Å²) in [5.74, 6) is -0.460. The Hall–Kier alpha value is -2.38. The molecule has 2 aromatic carbocycles. The Morgan fingerprint density at radius 1 is 1.07 bits per heavy atom. The van der Waals surface area contributed by atoms with Gasteiger partial charge in [-0.05, 0) is 23.8 Å². The van der Waals surface area contributed by atoms with Crippen LogP contribution in [0.3, 0.4) is 0 Å². The van der Waals surface area contributed by atoms with Gasteiger partial charge in [-0.15, -0.1) is 11.3 Å². The van der Waals surface area contributed by atoms with E-state index in [9.17, 15) is 9.59 Å². The molecular formula is C20H12Cl3N3O2S. The van der Waals surface area contributed by atoms with Crippen molar-refractivity contribution in [2.45, 2.75) is 6.54 Å². The molecule has 1 amide bonds. The average Bonchev–Trinajstić information content (AvgIpc) is 3.13. The molecule has 9 heteroatoms. The fourth-order valence-corrected chi connectivity index (χ4v) is 4.72. The summed E-state index contributed by atoms with van der Waals surface area (Å²) in [5.41, 5.74) is 0.954. The summed E-state index contributed by atoms with van der Waals surface area (Å²) in [6, 6.07) is 14.5. The number of hydrogen-bond donors (Lipinski definition) is 1. The number of anilines is 1. The Kier molecular flexibility index (Phi) is 5.61. The molecule has 4 aromatic rings. The van der Waals surface area contributed by atoms with E-state index in [0.29, 0.717) is 15.2 Å². The van der Waals surface area contributed by atoms with Crippen LogP contribution in [0.5, 0.6) is 0 Å². The third kappa shape index (κ3) is 4.16. The highest BCUT2D eigenvalue weighted by Gasteiger charge is 2.15. The zero-order valence-electron chi connectivity index (χ0n) is 14.7. The Bertz CT molecular complexity index is 1260. The number of amides is 1. The molecule has 0 fully saturated rings. The molecule has 0 unspecified atom stereocenters. The minimum absolute atomic E-state index is 0.210. The zero-order chi connectivity index (χ0) is 20.5. The number of nitrogens with one attached hydrogen (secondary N) is 1. The van der Waals surface area contributed by atoms with Crippen molar-refractivity contribution in [2.75, 3.05) is 5.32 Å². The maximum Gasteiger partial charge on any atom is 0.262 e. The monoisotopic (exact) mass is 463 g/mol. The van der Waals surface area contributed by atoms with Crippen LogP contribution in [0.25, 0.3) is 20.7 Å². The van der Waals surface area contributed by atoms with Crippen LogP contribution in [-0.4, -0.2) is 15.5 Å². The SMILES string of the molecule is O=C(Cn1cnc2sc(-c3ccccc3)cc2c1=O)Nc1c(Cl)cc(Cl)cc1Cl. The molecule has 0 aliphatic rings. The van der Waals surface area contributed by atoms with E-state index >= 15 is 0 Å². The number of fused-ring (bicyclic) bond motifs is 1. The zero-order valence-corrected chi connectivity index (χ0v) is 17.7. The van der Waals surface area contributed by atoms with Crippen LogP contribution in [0.4, 0.5) is 5.69 Å². The molecule has 2 heterocycles. The first kappa shape index (κ1) is 19.9. The Morgan fingerprint density at radius 2 is 1.76 bits per heavy atom. The number of carbonyl (C=O) groups is 1. The van der Waals surface area contributed by atoms with Crippen LogP contribution in [0.1, 0.15) is 0 Å². The first-order valence-electron chi connectivity index (χ1n) is 8.41. The summed E-state index contributed by atoms with van der Waals surface area (Å²) in [6.07, 6.45) is 1.36. The first-order chi connectivity index (χ1) is 13.9. The molecular weight excluding hydrogens is 453 g/mol. The van der Waals surface area contributed by atoms with E-state index < -0.39 is 5.91 Å².